The van der Waals surface area contributed by atoms with Crippen LogP contribution in [0.15, 0.2) is 36.5 Å². The van der Waals surface area contributed by atoms with Gasteiger partial charge in [-0.1, -0.05) is 11.6 Å². The van der Waals surface area contributed by atoms with Crippen LogP contribution in [-0.4, -0.2) is 54.2 Å². The van der Waals surface area contributed by atoms with E-state index in [4.69, 9.17) is 16.3 Å². The summed E-state index contributed by atoms with van der Waals surface area (Å²) in [6.45, 7) is 1.44. The molecule has 204 valence electrons. The van der Waals surface area contributed by atoms with Crippen LogP contribution in [0, 0.1) is 22.9 Å². The third kappa shape index (κ3) is 5.96. The van der Waals surface area contributed by atoms with Crippen LogP contribution in [0.5, 0.6) is 5.75 Å². The average Bonchev–Trinajstić information content (AvgIpc) is 2.89. The predicted molar refractivity (Wildman–Crippen MR) is 137 cm³/mol. The zero-order valence-electron chi connectivity index (χ0n) is 20.7. The number of fused-ring (bicyclic) bond motifs is 1. The SMILES string of the molecule is COc1ccc2ncc(Cl)c([C@@H](F)CCC3(C(=O)O)CCN(CCNc4c(F)cc(F)cc4F)CC3)c2c1. The molecule has 1 saturated heterocycles. The zero-order chi connectivity index (χ0) is 27.4. The summed E-state index contributed by atoms with van der Waals surface area (Å²) >= 11 is 6.31. The van der Waals surface area contributed by atoms with Gasteiger partial charge in [-0.25, -0.2) is 17.6 Å². The van der Waals surface area contributed by atoms with Gasteiger partial charge in [0.15, 0.2) is 11.6 Å². The first-order chi connectivity index (χ1) is 18.1. The number of alkyl halides is 1. The Kier molecular flexibility index (Phi) is 8.62. The fourth-order valence-corrected chi connectivity index (χ4v) is 5.26. The van der Waals surface area contributed by atoms with Gasteiger partial charge < -0.3 is 20.1 Å². The average molecular weight is 554 g/mol. The molecular weight excluding hydrogens is 526 g/mol. The lowest BCUT2D eigenvalue weighted by atomic mass is 9.74. The summed E-state index contributed by atoms with van der Waals surface area (Å²) in [5.74, 6) is -3.49. The first-order valence-electron chi connectivity index (χ1n) is 12.2. The molecule has 0 amide bonds. The Morgan fingerprint density at radius 1 is 1.21 bits per heavy atom. The Labute approximate surface area is 222 Å². The Morgan fingerprint density at radius 2 is 1.89 bits per heavy atom. The second-order valence-electron chi connectivity index (χ2n) is 9.51. The van der Waals surface area contributed by atoms with Gasteiger partial charge in [-0.3, -0.25) is 9.78 Å². The first kappa shape index (κ1) is 27.9. The third-order valence-corrected chi connectivity index (χ3v) is 7.56. The fraction of sp³-hybridized carbons (Fsp3) is 0.407. The number of hydrogen-bond donors (Lipinski definition) is 2. The highest BCUT2D eigenvalue weighted by Gasteiger charge is 2.41. The summed E-state index contributed by atoms with van der Waals surface area (Å²) in [5.41, 5.74) is -0.684. The third-order valence-electron chi connectivity index (χ3n) is 7.26. The van der Waals surface area contributed by atoms with Gasteiger partial charge in [0, 0.05) is 42.4 Å². The molecule has 6 nitrogen and oxygen atoms in total. The number of aromatic nitrogens is 1. The van der Waals surface area contributed by atoms with Gasteiger partial charge in [0.05, 0.1) is 23.1 Å². The molecule has 11 heteroatoms. The van der Waals surface area contributed by atoms with Gasteiger partial charge in [0.25, 0.3) is 0 Å². The number of anilines is 1. The van der Waals surface area contributed by atoms with E-state index in [-0.39, 0.29) is 30.0 Å². The normalized spacial score (nSPS) is 16.4. The summed E-state index contributed by atoms with van der Waals surface area (Å²) in [7, 11) is 1.50. The lowest BCUT2D eigenvalue weighted by Gasteiger charge is -2.39. The largest absolute Gasteiger partial charge is 0.497 e. The number of halogens is 5. The van der Waals surface area contributed by atoms with Crippen molar-refractivity contribution in [1.29, 1.82) is 0 Å². The lowest BCUT2D eigenvalue weighted by Crippen LogP contribution is -2.45. The van der Waals surface area contributed by atoms with Crippen molar-refractivity contribution in [3.63, 3.8) is 0 Å². The summed E-state index contributed by atoms with van der Waals surface area (Å²) in [4.78, 5) is 18.5. The molecule has 2 aromatic carbocycles. The van der Waals surface area contributed by atoms with E-state index >= 15 is 4.39 Å². The van der Waals surface area contributed by atoms with Gasteiger partial charge in [0.1, 0.15) is 23.4 Å². The number of pyridine rings is 1. The van der Waals surface area contributed by atoms with Crippen LogP contribution in [-0.2, 0) is 4.79 Å². The van der Waals surface area contributed by atoms with Crippen molar-refractivity contribution in [3.8, 4) is 5.75 Å². The monoisotopic (exact) mass is 553 g/mol. The summed E-state index contributed by atoms with van der Waals surface area (Å²) in [6, 6.07) is 6.30. The number of piperidine rings is 1. The van der Waals surface area contributed by atoms with E-state index in [1.807, 2.05) is 4.90 Å². The van der Waals surface area contributed by atoms with E-state index < -0.39 is 40.7 Å². The number of aliphatic carboxylic acids is 1. The van der Waals surface area contributed by atoms with Crippen molar-refractivity contribution in [2.24, 2.45) is 5.41 Å². The van der Waals surface area contributed by atoms with Crippen molar-refractivity contribution in [1.82, 2.24) is 9.88 Å². The topological polar surface area (TPSA) is 74.7 Å². The Morgan fingerprint density at radius 3 is 2.53 bits per heavy atom. The molecule has 4 rings (SSSR count). The standard InChI is InChI=1S/C27H28ClF4N3O3/c1-38-17-2-3-23-18(14-17)24(19(28)15-34-23)20(30)4-5-27(26(36)37)6-9-35(10-7-27)11-8-33-25-21(31)12-16(29)13-22(25)32/h2-3,12-15,20,33H,4-11H2,1H3,(H,36,37)/t20-/m0/s1. The molecular formula is C27H28ClF4N3O3. The molecule has 1 aromatic heterocycles. The second kappa shape index (κ2) is 11.7. The number of benzene rings is 2. The van der Waals surface area contributed by atoms with E-state index in [0.717, 1.165) is 0 Å². The minimum Gasteiger partial charge on any atom is -0.497 e. The van der Waals surface area contributed by atoms with Gasteiger partial charge in [-0.05, 0) is 57.0 Å². The van der Waals surface area contributed by atoms with Crippen LogP contribution in [0.25, 0.3) is 10.9 Å². The van der Waals surface area contributed by atoms with E-state index in [1.165, 1.54) is 13.3 Å². The number of methoxy groups -OCH3 is 1. The predicted octanol–water partition coefficient (Wildman–Crippen LogP) is 6.38. The quantitative estimate of drug-likeness (QED) is 0.284. The molecule has 2 heterocycles. The Balaban J connectivity index is 1.37. The van der Waals surface area contributed by atoms with Crippen LogP contribution >= 0.6 is 11.6 Å². The fourth-order valence-electron chi connectivity index (χ4n) is 4.99. The van der Waals surface area contributed by atoms with Crippen molar-refractivity contribution >= 4 is 34.2 Å². The number of ether oxygens (including phenoxy) is 1. The lowest BCUT2D eigenvalue weighted by molar-refractivity contribution is -0.153. The van der Waals surface area contributed by atoms with Crippen LogP contribution in [0.1, 0.15) is 37.4 Å². The van der Waals surface area contributed by atoms with E-state index in [2.05, 4.69) is 10.3 Å². The smallest absolute Gasteiger partial charge is 0.309 e. The van der Waals surface area contributed by atoms with E-state index in [0.29, 0.717) is 61.3 Å². The maximum Gasteiger partial charge on any atom is 0.309 e. The van der Waals surface area contributed by atoms with Crippen LogP contribution in [0.4, 0.5) is 23.2 Å². The number of carboxylic acids is 1. The molecule has 0 aliphatic carbocycles. The Bertz CT molecular complexity index is 1300. The molecule has 1 aliphatic rings. The molecule has 1 atom stereocenters. The molecule has 0 radical (unpaired) electrons. The zero-order valence-corrected chi connectivity index (χ0v) is 21.5. The van der Waals surface area contributed by atoms with Crippen LogP contribution in [0.3, 0.4) is 0 Å². The van der Waals surface area contributed by atoms with Crippen molar-refractivity contribution in [2.75, 3.05) is 38.6 Å². The van der Waals surface area contributed by atoms with Crippen molar-refractivity contribution in [2.45, 2.75) is 31.9 Å². The van der Waals surface area contributed by atoms with Crippen LogP contribution in [0.2, 0.25) is 5.02 Å². The van der Waals surface area contributed by atoms with Gasteiger partial charge in [-0.2, -0.15) is 0 Å². The Hall–Kier alpha value is -3.11. The summed E-state index contributed by atoms with van der Waals surface area (Å²) < 4.78 is 61.6. The first-order valence-corrected chi connectivity index (χ1v) is 12.6. The maximum atomic E-state index is 15.6. The minimum atomic E-state index is -1.50. The molecule has 2 N–H and O–H groups in total. The van der Waals surface area contributed by atoms with E-state index in [9.17, 15) is 23.1 Å². The number of nitrogens with one attached hydrogen (secondary N) is 1. The molecule has 1 fully saturated rings. The number of carbonyl (C=O) groups is 1. The van der Waals surface area contributed by atoms with Gasteiger partial charge in [0.2, 0.25) is 0 Å². The van der Waals surface area contributed by atoms with Crippen molar-refractivity contribution in [3.05, 3.63) is 64.6 Å². The maximum absolute atomic E-state index is 15.6. The van der Waals surface area contributed by atoms with Crippen molar-refractivity contribution < 1.29 is 32.2 Å². The molecule has 0 unspecified atom stereocenters. The molecule has 0 bridgehead atoms. The summed E-state index contributed by atoms with van der Waals surface area (Å²) in [6.07, 6.45) is 0.569. The highest BCUT2D eigenvalue weighted by atomic mass is 35.5. The molecule has 0 saturated carbocycles. The van der Waals surface area contributed by atoms with Gasteiger partial charge >= 0.3 is 5.97 Å². The summed E-state index contributed by atoms with van der Waals surface area (Å²) in [5, 5.41) is 13.4. The second-order valence-corrected chi connectivity index (χ2v) is 9.91. The number of hydrogen-bond acceptors (Lipinski definition) is 5. The highest BCUT2D eigenvalue weighted by Crippen LogP contribution is 2.42. The molecule has 3 aromatic rings. The van der Waals surface area contributed by atoms with E-state index in [1.54, 1.807) is 18.2 Å². The minimum absolute atomic E-state index is 0.0347. The number of likely N-dealkylation sites (tertiary alicyclic amines) is 1. The number of rotatable bonds is 10. The van der Waals surface area contributed by atoms with Gasteiger partial charge in [-0.15, -0.1) is 0 Å². The molecule has 38 heavy (non-hydrogen) atoms. The number of nitrogens with zero attached hydrogens (tertiary/aromatic N) is 2. The number of carboxylic acid groups (broad SMARTS) is 1. The highest BCUT2D eigenvalue weighted by molar-refractivity contribution is 6.32. The molecule has 0 spiro atoms. The molecule has 1 aliphatic heterocycles. The van der Waals surface area contributed by atoms with Crippen LogP contribution < -0.4 is 10.1 Å².